The summed E-state index contributed by atoms with van der Waals surface area (Å²) in [7, 11) is 0. The van der Waals surface area contributed by atoms with Crippen LogP contribution in [0.3, 0.4) is 0 Å². The molecule has 0 heterocycles. The van der Waals surface area contributed by atoms with Crippen LogP contribution in [0, 0.1) is 5.82 Å². The standard InChI is InChI=1S/C17H17ClFN3O2/c1-11(23)21-14-5-6-16(15(18)10-14)22-17(24)20-8-7-12-3-2-4-13(19)9-12/h2-6,9-10H,7-8H2,1H3,(H,21,23)(H2,20,22,24). The number of carbonyl (C=O) groups is 2. The maximum atomic E-state index is 13.1. The SMILES string of the molecule is CC(=O)Nc1ccc(NC(=O)NCCc2cccc(F)c2)c(Cl)c1. The van der Waals surface area contributed by atoms with Gasteiger partial charge < -0.3 is 16.0 Å². The van der Waals surface area contributed by atoms with Gasteiger partial charge in [-0.1, -0.05) is 23.7 Å². The zero-order valence-electron chi connectivity index (χ0n) is 13.0. The van der Waals surface area contributed by atoms with Gasteiger partial charge >= 0.3 is 6.03 Å². The van der Waals surface area contributed by atoms with E-state index >= 15 is 0 Å². The van der Waals surface area contributed by atoms with Crippen molar-refractivity contribution in [2.75, 3.05) is 17.2 Å². The Hall–Kier alpha value is -2.60. The minimum Gasteiger partial charge on any atom is -0.338 e. The Bertz CT molecular complexity index is 752. The van der Waals surface area contributed by atoms with Gasteiger partial charge in [-0.15, -0.1) is 0 Å². The molecule has 0 spiro atoms. The predicted molar refractivity (Wildman–Crippen MR) is 92.9 cm³/mol. The van der Waals surface area contributed by atoms with Crippen molar-refractivity contribution < 1.29 is 14.0 Å². The zero-order valence-corrected chi connectivity index (χ0v) is 13.8. The van der Waals surface area contributed by atoms with Crippen molar-refractivity contribution >= 4 is 34.9 Å². The number of rotatable bonds is 5. The third-order valence-corrected chi connectivity index (χ3v) is 3.44. The molecule has 0 bridgehead atoms. The van der Waals surface area contributed by atoms with E-state index in [0.29, 0.717) is 29.4 Å². The summed E-state index contributed by atoms with van der Waals surface area (Å²) in [5.74, 6) is -0.509. The number of hydrogen-bond donors (Lipinski definition) is 3. The van der Waals surface area contributed by atoms with Crippen LogP contribution < -0.4 is 16.0 Å². The molecular formula is C17H17ClFN3O2. The number of halogens is 2. The van der Waals surface area contributed by atoms with Crippen molar-refractivity contribution in [3.63, 3.8) is 0 Å². The Morgan fingerprint density at radius 3 is 2.58 bits per heavy atom. The Kier molecular flexibility index (Phi) is 6.14. The summed E-state index contributed by atoms with van der Waals surface area (Å²) >= 11 is 6.07. The van der Waals surface area contributed by atoms with Crippen molar-refractivity contribution in [2.45, 2.75) is 13.3 Å². The fourth-order valence-electron chi connectivity index (χ4n) is 2.08. The molecule has 0 aliphatic carbocycles. The second-order valence-corrected chi connectivity index (χ2v) is 5.54. The van der Waals surface area contributed by atoms with Crippen molar-refractivity contribution in [2.24, 2.45) is 0 Å². The molecule has 7 heteroatoms. The van der Waals surface area contributed by atoms with Crippen LogP contribution in [0.15, 0.2) is 42.5 Å². The summed E-state index contributed by atoms with van der Waals surface area (Å²) in [5.41, 5.74) is 1.77. The lowest BCUT2D eigenvalue weighted by atomic mass is 10.1. The van der Waals surface area contributed by atoms with Crippen molar-refractivity contribution in [1.29, 1.82) is 0 Å². The Morgan fingerprint density at radius 1 is 1.12 bits per heavy atom. The number of hydrogen-bond acceptors (Lipinski definition) is 2. The van der Waals surface area contributed by atoms with E-state index in [9.17, 15) is 14.0 Å². The maximum absolute atomic E-state index is 13.1. The maximum Gasteiger partial charge on any atom is 0.319 e. The van der Waals surface area contributed by atoms with Gasteiger partial charge in [-0.2, -0.15) is 0 Å². The Labute approximate surface area is 144 Å². The van der Waals surface area contributed by atoms with Crippen LogP contribution in [0.5, 0.6) is 0 Å². The predicted octanol–water partition coefficient (Wildman–Crippen LogP) is 3.80. The third kappa shape index (κ3) is 5.55. The Balaban J connectivity index is 1.84. The van der Waals surface area contributed by atoms with E-state index in [1.54, 1.807) is 30.3 Å². The molecular weight excluding hydrogens is 333 g/mol. The highest BCUT2D eigenvalue weighted by Crippen LogP contribution is 2.25. The highest BCUT2D eigenvalue weighted by Gasteiger charge is 2.07. The molecule has 0 atom stereocenters. The number of urea groups is 1. The minimum absolute atomic E-state index is 0.207. The molecule has 2 rings (SSSR count). The van der Waals surface area contributed by atoms with Crippen molar-refractivity contribution in [1.82, 2.24) is 5.32 Å². The largest absolute Gasteiger partial charge is 0.338 e. The van der Waals surface area contributed by atoms with E-state index in [2.05, 4.69) is 16.0 Å². The summed E-state index contributed by atoms with van der Waals surface area (Å²) < 4.78 is 13.1. The first kappa shape index (κ1) is 17.7. The summed E-state index contributed by atoms with van der Waals surface area (Å²) in [4.78, 5) is 22.8. The first-order valence-corrected chi connectivity index (χ1v) is 7.68. The molecule has 0 fully saturated rings. The monoisotopic (exact) mass is 349 g/mol. The molecule has 126 valence electrons. The molecule has 0 radical (unpaired) electrons. The third-order valence-electron chi connectivity index (χ3n) is 3.13. The lowest BCUT2D eigenvalue weighted by Gasteiger charge is -2.10. The molecule has 0 aliphatic heterocycles. The van der Waals surface area contributed by atoms with Crippen LogP contribution in [-0.2, 0) is 11.2 Å². The lowest BCUT2D eigenvalue weighted by Crippen LogP contribution is -2.30. The van der Waals surface area contributed by atoms with Crippen LogP contribution in [0.25, 0.3) is 0 Å². The number of benzene rings is 2. The number of carbonyl (C=O) groups excluding carboxylic acids is 2. The van der Waals surface area contributed by atoms with Gasteiger partial charge in [0.05, 0.1) is 10.7 Å². The smallest absolute Gasteiger partial charge is 0.319 e. The molecule has 5 nitrogen and oxygen atoms in total. The van der Waals surface area contributed by atoms with Gasteiger partial charge in [0.25, 0.3) is 0 Å². The Morgan fingerprint density at radius 2 is 1.92 bits per heavy atom. The van der Waals surface area contributed by atoms with Gasteiger partial charge in [-0.3, -0.25) is 4.79 Å². The van der Waals surface area contributed by atoms with Gasteiger partial charge in [0.2, 0.25) is 5.91 Å². The molecule has 0 unspecified atom stereocenters. The molecule has 2 aromatic carbocycles. The van der Waals surface area contributed by atoms with E-state index < -0.39 is 6.03 Å². The van der Waals surface area contributed by atoms with Gasteiger partial charge in [-0.25, -0.2) is 9.18 Å². The number of anilines is 2. The summed E-state index contributed by atoms with van der Waals surface area (Å²) in [5, 5.41) is 8.20. The molecule has 0 saturated heterocycles. The van der Waals surface area contributed by atoms with E-state index in [0.717, 1.165) is 5.56 Å². The second-order valence-electron chi connectivity index (χ2n) is 5.14. The fourth-order valence-corrected chi connectivity index (χ4v) is 2.30. The van der Waals surface area contributed by atoms with Crippen molar-refractivity contribution in [3.8, 4) is 0 Å². The normalized spacial score (nSPS) is 10.1. The van der Waals surface area contributed by atoms with Gasteiger partial charge in [0, 0.05) is 19.2 Å². The second kappa shape index (κ2) is 8.31. The van der Waals surface area contributed by atoms with Crippen LogP contribution in [0.4, 0.5) is 20.6 Å². The van der Waals surface area contributed by atoms with Crippen LogP contribution in [0.2, 0.25) is 5.02 Å². The van der Waals surface area contributed by atoms with Crippen molar-refractivity contribution in [3.05, 3.63) is 58.9 Å². The molecule has 3 N–H and O–H groups in total. The van der Waals surface area contributed by atoms with E-state index in [1.807, 2.05) is 0 Å². The molecule has 24 heavy (non-hydrogen) atoms. The quantitative estimate of drug-likeness (QED) is 0.768. The van der Waals surface area contributed by atoms with Gasteiger partial charge in [0.1, 0.15) is 5.82 Å². The van der Waals surface area contributed by atoms with E-state index in [1.165, 1.54) is 19.1 Å². The molecule has 3 amide bonds. The average molecular weight is 350 g/mol. The summed E-state index contributed by atoms with van der Waals surface area (Å²) in [6.45, 7) is 1.75. The van der Waals surface area contributed by atoms with Gasteiger partial charge in [0.15, 0.2) is 0 Å². The zero-order chi connectivity index (χ0) is 17.5. The van der Waals surface area contributed by atoms with Crippen LogP contribution in [-0.4, -0.2) is 18.5 Å². The van der Waals surface area contributed by atoms with Crippen LogP contribution >= 0.6 is 11.6 Å². The molecule has 0 aromatic heterocycles. The average Bonchev–Trinajstić information content (AvgIpc) is 2.49. The molecule has 0 aliphatic rings. The van der Waals surface area contributed by atoms with Gasteiger partial charge in [-0.05, 0) is 42.3 Å². The van der Waals surface area contributed by atoms with Crippen LogP contribution in [0.1, 0.15) is 12.5 Å². The highest BCUT2D eigenvalue weighted by molar-refractivity contribution is 6.34. The lowest BCUT2D eigenvalue weighted by molar-refractivity contribution is -0.114. The topological polar surface area (TPSA) is 70.2 Å². The first-order chi connectivity index (χ1) is 11.4. The minimum atomic E-state index is -0.416. The summed E-state index contributed by atoms with van der Waals surface area (Å²) in [6, 6.07) is 10.6. The highest BCUT2D eigenvalue weighted by atomic mass is 35.5. The summed E-state index contributed by atoms with van der Waals surface area (Å²) in [6.07, 6.45) is 0.514. The molecule has 0 saturated carbocycles. The van der Waals surface area contributed by atoms with E-state index in [-0.39, 0.29) is 11.7 Å². The number of nitrogens with one attached hydrogen (secondary N) is 3. The first-order valence-electron chi connectivity index (χ1n) is 7.30. The molecule has 2 aromatic rings. The fraction of sp³-hybridized carbons (Fsp3) is 0.176. The number of amides is 3. The van der Waals surface area contributed by atoms with E-state index in [4.69, 9.17) is 11.6 Å².